The number of ether oxygens (including phenoxy) is 3. The summed E-state index contributed by atoms with van der Waals surface area (Å²) in [5.41, 5.74) is 1.15. The molecule has 2 amide bonds. The minimum absolute atomic E-state index is 0.0290. The molecule has 0 aliphatic carbocycles. The Hall–Kier alpha value is -2.61. The van der Waals surface area contributed by atoms with Crippen molar-refractivity contribution in [2.45, 2.75) is 77.7 Å². The lowest BCUT2D eigenvalue weighted by Crippen LogP contribution is -2.50. The Bertz CT molecular complexity index is 861. The third-order valence-corrected chi connectivity index (χ3v) is 6.71. The molecule has 3 rings (SSSR count). The van der Waals surface area contributed by atoms with Crippen molar-refractivity contribution in [3.8, 4) is 5.75 Å². The van der Waals surface area contributed by atoms with Crippen LogP contribution in [0.25, 0.3) is 0 Å². The number of amides is 2. The summed E-state index contributed by atoms with van der Waals surface area (Å²) in [6.07, 6.45) is 2.59. The molecule has 0 spiro atoms. The van der Waals surface area contributed by atoms with Crippen LogP contribution in [-0.4, -0.2) is 72.3 Å². The van der Waals surface area contributed by atoms with Gasteiger partial charge in [0.05, 0.1) is 12.5 Å². The van der Waals surface area contributed by atoms with Crippen LogP contribution in [0.4, 0.5) is 0 Å². The molecule has 0 radical (unpaired) electrons. The number of likely N-dealkylation sites (tertiary alicyclic amines) is 1. The van der Waals surface area contributed by atoms with Crippen LogP contribution in [0.1, 0.15) is 58.9 Å². The van der Waals surface area contributed by atoms with E-state index in [1.54, 1.807) is 32.7 Å². The zero-order chi connectivity index (χ0) is 24.9. The average Bonchev–Trinajstić information content (AvgIpc) is 3.08. The van der Waals surface area contributed by atoms with Crippen molar-refractivity contribution in [1.29, 1.82) is 0 Å². The molecule has 1 unspecified atom stereocenters. The summed E-state index contributed by atoms with van der Waals surface area (Å²) < 4.78 is 16.7. The number of piperidine rings is 1. The van der Waals surface area contributed by atoms with Crippen LogP contribution in [0.5, 0.6) is 5.75 Å². The molecule has 0 saturated carbocycles. The molecule has 188 valence electrons. The van der Waals surface area contributed by atoms with Crippen molar-refractivity contribution in [1.82, 2.24) is 9.80 Å². The molecule has 34 heavy (non-hydrogen) atoms. The van der Waals surface area contributed by atoms with Gasteiger partial charge in [-0.1, -0.05) is 12.1 Å². The maximum Gasteiger partial charge on any atom is 0.338 e. The molecule has 1 aromatic carbocycles. The van der Waals surface area contributed by atoms with E-state index in [0.717, 1.165) is 37.0 Å². The molecule has 8 nitrogen and oxygen atoms in total. The lowest BCUT2D eigenvalue weighted by Gasteiger charge is -2.38. The zero-order valence-electron chi connectivity index (χ0n) is 21.0. The normalized spacial score (nSPS) is 21.1. The molecule has 2 aliphatic rings. The molecule has 0 aromatic heterocycles. The van der Waals surface area contributed by atoms with E-state index < -0.39 is 23.8 Å². The number of rotatable bonds is 9. The summed E-state index contributed by atoms with van der Waals surface area (Å²) >= 11 is 0. The summed E-state index contributed by atoms with van der Waals surface area (Å²) in [6.45, 7) is 8.63. The number of carbonyl (C=O) groups is 3. The van der Waals surface area contributed by atoms with Crippen LogP contribution in [-0.2, 0) is 30.3 Å². The van der Waals surface area contributed by atoms with Gasteiger partial charge in [-0.3, -0.25) is 9.59 Å². The first-order valence-electron chi connectivity index (χ1n) is 12.3. The van der Waals surface area contributed by atoms with Crippen LogP contribution >= 0.6 is 0 Å². The Morgan fingerprint density at radius 1 is 1.21 bits per heavy atom. The van der Waals surface area contributed by atoms with E-state index in [1.165, 1.54) is 0 Å². The van der Waals surface area contributed by atoms with Crippen molar-refractivity contribution in [2.24, 2.45) is 5.92 Å². The Labute approximate surface area is 202 Å². The van der Waals surface area contributed by atoms with Gasteiger partial charge in [-0.25, -0.2) is 4.79 Å². The Morgan fingerprint density at radius 3 is 2.38 bits per heavy atom. The van der Waals surface area contributed by atoms with E-state index in [4.69, 9.17) is 14.2 Å². The molecule has 2 aliphatic heterocycles. The molecule has 2 atom stereocenters. The predicted octanol–water partition coefficient (Wildman–Crippen LogP) is 3.17. The topological polar surface area (TPSA) is 85.4 Å². The van der Waals surface area contributed by atoms with E-state index in [9.17, 15) is 14.4 Å². The van der Waals surface area contributed by atoms with Gasteiger partial charge in [0.2, 0.25) is 17.6 Å². The summed E-state index contributed by atoms with van der Waals surface area (Å²) in [7, 11) is 1.80. The molecular formula is C26H38N2O6. The average molecular weight is 475 g/mol. The van der Waals surface area contributed by atoms with Gasteiger partial charge in [-0.15, -0.1) is 0 Å². The summed E-state index contributed by atoms with van der Waals surface area (Å²) in [6, 6.07) is 8.09. The van der Waals surface area contributed by atoms with Crippen LogP contribution in [0.15, 0.2) is 24.3 Å². The van der Waals surface area contributed by atoms with Gasteiger partial charge in [0.15, 0.2) is 6.10 Å². The minimum atomic E-state index is -1.04. The van der Waals surface area contributed by atoms with E-state index in [2.05, 4.69) is 0 Å². The first-order valence-corrected chi connectivity index (χ1v) is 12.3. The highest BCUT2D eigenvalue weighted by Crippen LogP contribution is 2.32. The van der Waals surface area contributed by atoms with Crippen molar-refractivity contribution in [3.05, 3.63) is 29.8 Å². The number of benzene rings is 1. The smallest absolute Gasteiger partial charge is 0.338 e. The van der Waals surface area contributed by atoms with Crippen LogP contribution in [0.3, 0.4) is 0 Å². The van der Waals surface area contributed by atoms with E-state index in [1.807, 2.05) is 36.1 Å². The number of esters is 1. The first kappa shape index (κ1) is 26.0. The van der Waals surface area contributed by atoms with Crippen molar-refractivity contribution in [3.63, 3.8) is 0 Å². The molecule has 2 heterocycles. The highest BCUT2D eigenvalue weighted by atomic mass is 16.8. The summed E-state index contributed by atoms with van der Waals surface area (Å²) in [4.78, 5) is 41.4. The fourth-order valence-electron chi connectivity index (χ4n) is 4.74. The van der Waals surface area contributed by atoms with Gasteiger partial charge < -0.3 is 24.0 Å². The Balaban J connectivity index is 1.64. The van der Waals surface area contributed by atoms with Crippen molar-refractivity contribution in [2.75, 3.05) is 26.7 Å². The Morgan fingerprint density at radius 2 is 1.85 bits per heavy atom. The van der Waals surface area contributed by atoms with Crippen LogP contribution < -0.4 is 4.74 Å². The first-order chi connectivity index (χ1) is 16.1. The number of cyclic esters (lactones) is 1. The highest BCUT2D eigenvalue weighted by molar-refractivity contribution is 5.88. The molecule has 1 aromatic rings. The minimum Gasteiger partial charge on any atom is -0.494 e. The number of carbonyl (C=O) groups excluding carboxylic acids is 3. The largest absolute Gasteiger partial charge is 0.494 e. The standard InChI is InChI=1S/C26H38N2O6/c1-6-32-21-12-10-19(11-13-21)8-7-9-22(23-25(31)34-26(3,4)33-23)24(30)28-16-14-20(15-17-28)27(5)18(2)29/h10-13,20,22-23H,6-9,14-17H2,1-5H3/t22?,23-/m0/s1. The highest BCUT2D eigenvalue weighted by Gasteiger charge is 2.48. The van der Waals surface area contributed by atoms with E-state index >= 15 is 0 Å². The van der Waals surface area contributed by atoms with Crippen molar-refractivity contribution >= 4 is 17.8 Å². The van der Waals surface area contributed by atoms with Gasteiger partial charge in [0, 0.05) is 47.0 Å². The second-order valence-corrected chi connectivity index (χ2v) is 9.62. The molecule has 2 saturated heterocycles. The number of nitrogens with zero attached hydrogens (tertiary/aromatic N) is 2. The van der Waals surface area contributed by atoms with Gasteiger partial charge in [-0.05, 0) is 56.7 Å². The van der Waals surface area contributed by atoms with Gasteiger partial charge >= 0.3 is 5.97 Å². The lowest BCUT2D eigenvalue weighted by atomic mass is 9.91. The molecule has 0 bridgehead atoms. The van der Waals surface area contributed by atoms with Gasteiger partial charge in [-0.2, -0.15) is 0 Å². The third kappa shape index (κ3) is 6.50. The van der Waals surface area contributed by atoms with Crippen LogP contribution in [0, 0.1) is 5.92 Å². The zero-order valence-corrected chi connectivity index (χ0v) is 21.0. The molecule has 0 N–H and O–H groups in total. The van der Waals surface area contributed by atoms with Crippen molar-refractivity contribution < 1.29 is 28.6 Å². The predicted molar refractivity (Wildman–Crippen MR) is 127 cm³/mol. The van der Waals surface area contributed by atoms with Crippen LogP contribution in [0.2, 0.25) is 0 Å². The number of hydrogen-bond donors (Lipinski definition) is 0. The SMILES string of the molecule is CCOc1ccc(CCCC(C(=O)N2CCC(N(C)C(C)=O)CC2)[C@@H]2OC(C)(C)OC2=O)cc1. The number of aryl methyl sites for hydroxylation is 1. The monoisotopic (exact) mass is 474 g/mol. The van der Waals surface area contributed by atoms with E-state index in [0.29, 0.717) is 26.1 Å². The maximum atomic E-state index is 13.6. The quantitative estimate of drug-likeness (QED) is 0.511. The fourth-order valence-corrected chi connectivity index (χ4v) is 4.74. The van der Waals surface area contributed by atoms with E-state index in [-0.39, 0.29) is 17.9 Å². The second-order valence-electron chi connectivity index (χ2n) is 9.62. The lowest BCUT2D eigenvalue weighted by molar-refractivity contribution is -0.163. The second kappa shape index (κ2) is 11.2. The fraction of sp³-hybridized carbons (Fsp3) is 0.654. The summed E-state index contributed by atoms with van der Waals surface area (Å²) in [5, 5.41) is 0. The third-order valence-electron chi connectivity index (χ3n) is 6.71. The molecule has 2 fully saturated rings. The molecule has 8 heteroatoms. The van der Waals surface area contributed by atoms with Gasteiger partial charge in [0.25, 0.3) is 0 Å². The van der Waals surface area contributed by atoms with Gasteiger partial charge in [0.1, 0.15) is 5.75 Å². The molecular weight excluding hydrogens is 436 g/mol. The number of hydrogen-bond acceptors (Lipinski definition) is 6. The summed E-state index contributed by atoms with van der Waals surface area (Å²) in [5.74, 6) is -1.32. The Kier molecular flexibility index (Phi) is 8.57. The maximum absolute atomic E-state index is 13.6.